The van der Waals surface area contributed by atoms with Gasteiger partial charge in [-0.2, -0.15) is 17.9 Å². The van der Waals surface area contributed by atoms with Gasteiger partial charge in [0.2, 0.25) is 10.0 Å². The first kappa shape index (κ1) is 19.0. The molecule has 0 heterocycles. The first-order valence-corrected chi connectivity index (χ1v) is 7.64. The minimum absolute atomic E-state index is 0.215. The van der Waals surface area contributed by atoms with Gasteiger partial charge in [0.05, 0.1) is 9.37 Å². The second kappa shape index (κ2) is 6.24. The molecule has 1 aromatic rings. The van der Waals surface area contributed by atoms with Crippen LogP contribution < -0.4 is 9.46 Å². The molecule has 0 saturated heterocycles. The Labute approximate surface area is 129 Å². The molecule has 0 aliphatic rings. The number of halogens is 7. The van der Waals surface area contributed by atoms with E-state index < -0.39 is 39.2 Å². The molecule has 0 bridgehead atoms. The number of hydrogen-bond donors (Lipinski definition) is 1. The van der Waals surface area contributed by atoms with Gasteiger partial charge in [-0.1, -0.05) is 0 Å². The number of rotatable bonds is 4. The molecule has 0 fully saturated rings. The van der Waals surface area contributed by atoms with Gasteiger partial charge in [0, 0.05) is 6.07 Å². The Bertz CT molecular complexity index is 643. The Morgan fingerprint density at radius 1 is 1.18 bits per heavy atom. The lowest BCUT2D eigenvalue weighted by atomic mass is 10.3. The topological polar surface area (TPSA) is 55.4 Å². The van der Waals surface area contributed by atoms with Crippen molar-refractivity contribution in [2.75, 3.05) is 0 Å². The van der Waals surface area contributed by atoms with Gasteiger partial charge >= 0.3 is 12.5 Å². The average Bonchev–Trinajstić information content (AvgIpc) is 2.28. The summed E-state index contributed by atoms with van der Waals surface area (Å²) in [5, 5.41) is 0. The molecule has 0 spiro atoms. The molecule has 0 aliphatic heterocycles. The van der Waals surface area contributed by atoms with Crippen LogP contribution in [0, 0.1) is 0 Å². The molecule has 1 atom stereocenters. The largest absolute Gasteiger partial charge is 0.573 e. The van der Waals surface area contributed by atoms with Crippen LogP contribution in [0.25, 0.3) is 0 Å². The van der Waals surface area contributed by atoms with Crippen LogP contribution in [0.15, 0.2) is 27.6 Å². The molecule has 0 aliphatic carbocycles. The highest BCUT2D eigenvalue weighted by molar-refractivity contribution is 9.10. The number of benzene rings is 1. The first-order chi connectivity index (χ1) is 9.72. The lowest BCUT2D eigenvalue weighted by molar-refractivity contribution is -0.275. The van der Waals surface area contributed by atoms with Crippen molar-refractivity contribution in [3.05, 3.63) is 22.7 Å². The summed E-state index contributed by atoms with van der Waals surface area (Å²) >= 11 is 2.71. The molecule has 0 amide bonds. The monoisotopic (exact) mass is 415 g/mol. The van der Waals surface area contributed by atoms with Crippen molar-refractivity contribution in [3.63, 3.8) is 0 Å². The highest BCUT2D eigenvalue weighted by atomic mass is 79.9. The van der Waals surface area contributed by atoms with E-state index in [4.69, 9.17) is 0 Å². The Morgan fingerprint density at radius 2 is 1.73 bits per heavy atom. The number of ether oxygens (including phenoxy) is 1. The molecular formula is C10H8BrF6NO3S. The summed E-state index contributed by atoms with van der Waals surface area (Å²) in [6, 6.07) is -0.205. The van der Waals surface area contributed by atoms with Gasteiger partial charge in [0.25, 0.3) is 0 Å². The highest BCUT2D eigenvalue weighted by Crippen LogP contribution is 2.32. The minimum atomic E-state index is -5.09. The van der Waals surface area contributed by atoms with Gasteiger partial charge in [0.1, 0.15) is 11.8 Å². The highest BCUT2D eigenvalue weighted by Gasteiger charge is 2.39. The van der Waals surface area contributed by atoms with E-state index in [1.54, 1.807) is 0 Å². The van der Waals surface area contributed by atoms with E-state index in [1.807, 2.05) is 0 Å². The fraction of sp³-hybridized carbons (Fsp3) is 0.400. The van der Waals surface area contributed by atoms with Crippen molar-refractivity contribution in [2.45, 2.75) is 30.4 Å². The molecule has 126 valence electrons. The summed E-state index contributed by atoms with van der Waals surface area (Å²) in [5.74, 6) is -0.893. The van der Waals surface area contributed by atoms with E-state index in [2.05, 4.69) is 20.7 Å². The van der Waals surface area contributed by atoms with Crippen molar-refractivity contribution in [1.29, 1.82) is 0 Å². The molecule has 1 aromatic carbocycles. The van der Waals surface area contributed by atoms with Gasteiger partial charge in [-0.15, -0.1) is 13.2 Å². The van der Waals surface area contributed by atoms with Crippen molar-refractivity contribution >= 4 is 26.0 Å². The van der Waals surface area contributed by atoms with E-state index in [-0.39, 0.29) is 4.47 Å². The molecule has 0 aromatic heterocycles. The number of sulfonamides is 1. The number of nitrogens with one attached hydrogen (secondary N) is 1. The lowest BCUT2D eigenvalue weighted by Gasteiger charge is -2.18. The summed E-state index contributed by atoms with van der Waals surface area (Å²) < 4.78 is 102. The van der Waals surface area contributed by atoms with Crippen LogP contribution in [0.4, 0.5) is 26.3 Å². The quantitative estimate of drug-likeness (QED) is 0.764. The fourth-order valence-corrected chi connectivity index (χ4v) is 2.79. The van der Waals surface area contributed by atoms with Crippen LogP contribution in [0.3, 0.4) is 0 Å². The van der Waals surface area contributed by atoms with Crippen LogP contribution >= 0.6 is 15.9 Å². The maximum absolute atomic E-state index is 12.4. The molecule has 0 saturated carbocycles. The normalized spacial score (nSPS) is 14.7. The van der Waals surface area contributed by atoms with E-state index in [0.29, 0.717) is 13.0 Å². The molecule has 0 radical (unpaired) electrons. The fourth-order valence-electron chi connectivity index (χ4n) is 1.22. The van der Waals surface area contributed by atoms with Crippen LogP contribution in [-0.4, -0.2) is 27.0 Å². The zero-order valence-electron chi connectivity index (χ0n) is 10.6. The predicted octanol–water partition coefficient (Wildman–Crippen LogP) is 3.58. The van der Waals surface area contributed by atoms with Crippen molar-refractivity contribution in [3.8, 4) is 5.75 Å². The minimum Gasteiger partial charge on any atom is -0.405 e. The Morgan fingerprint density at radius 3 is 2.18 bits per heavy atom. The Balaban J connectivity index is 3.13. The molecular weight excluding hydrogens is 408 g/mol. The second-order valence-corrected chi connectivity index (χ2v) is 6.59. The van der Waals surface area contributed by atoms with E-state index >= 15 is 0 Å². The third-order valence-corrected chi connectivity index (χ3v) is 4.46. The van der Waals surface area contributed by atoms with Crippen molar-refractivity contribution in [2.24, 2.45) is 0 Å². The summed E-state index contributed by atoms with van der Waals surface area (Å²) in [5.41, 5.74) is 0. The van der Waals surface area contributed by atoms with Crippen LogP contribution in [0.2, 0.25) is 0 Å². The van der Waals surface area contributed by atoms with Crippen LogP contribution in [-0.2, 0) is 10.0 Å². The Kier molecular flexibility index (Phi) is 5.40. The second-order valence-electron chi connectivity index (χ2n) is 4.02. The lowest BCUT2D eigenvalue weighted by Crippen LogP contribution is -2.42. The molecule has 1 N–H and O–H groups in total. The van der Waals surface area contributed by atoms with Crippen molar-refractivity contribution in [1.82, 2.24) is 4.72 Å². The molecule has 22 heavy (non-hydrogen) atoms. The van der Waals surface area contributed by atoms with Gasteiger partial charge in [0.15, 0.2) is 0 Å². The summed E-state index contributed by atoms with van der Waals surface area (Å²) in [7, 11) is -4.68. The maximum atomic E-state index is 12.4. The van der Waals surface area contributed by atoms with E-state index in [1.165, 1.54) is 4.72 Å². The summed E-state index contributed by atoms with van der Waals surface area (Å²) in [4.78, 5) is -0.800. The van der Waals surface area contributed by atoms with Crippen LogP contribution in [0.1, 0.15) is 6.92 Å². The van der Waals surface area contributed by atoms with Gasteiger partial charge in [-0.25, -0.2) is 8.42 Å². The number of hydrogen-bond acceptors (Lipinski definition) is 3. The summed E-state index contributed by atoms with van der Waals surface area (Å²) in [6.45, 7) is 0.559. The van der Waals surface area contributed by atoms with E-state index in [9.17, 15) is 34.8 Å². The molecule has 4 nitrogen and oxygen atoms in total. The van der Waals surface area contributed by atoms with Gasteiger partial charge in [-0.3, -0.25) is 0 Å². The van der Waals surface area contributed by atoms with Crippen LogP contribution in [0.5, 0.6) is 5.75 Å². The average molecular weight is 416 g/mol. The third kappa shape index (κ3) is 5.32. The third-order valence-electron chi connectivity index (χ3n) is 2.26. The number of alkyl halides is 6. The smallest absolute Gasteiger partial charge is 0.405 e. The zero-order valence-corrected chi connectivity index (χ0v) is 13.0. The predicted molar refractivity (Wildman–Crippen MR) is 66.7 cm³/mol. The molecule has 1 rings (SSSR count). The zero-order chi connectivity index (χ0) is 17.3. The summed E-state index contributed by atoms with van der Waals surface area (Å²) in [6.07, 6.45) is -9.93. The first-order valence-electron chi connectivity index (χ1n) is 5.37. The van der Waals surface area contributed by atoms with E-state index in [0.717, 1.165) is 12.1 Å². The molecule has 1 unspecified atom stereocenters. The SMILES string of the molecule is CC(NS(=O)(=O)c1ccc(Br)c(OC(F)(F)F)c1)C(F)(F)F. The van der Waals surface area contributed by atoms with Crippen molar-refractivity contribution < 1.29 is 39.5 Å². The van der Waals surface area contributed by atoms with Gasteiger partial charge < -0.3 is 4.74 Å². The van der Waals surface area contributed by atoms with Gasteiger partial charge in [-0.05, 0) is 35.0 Å². The standard InChI is InChI=1S/C10H8BrF6NO3S/c1-5(9(12,13)14)18-22(19,20)6-2-3-7(11)8(4-6)21-10(15,16)17/h2-5,18H,1H3. The molecule has 12 heteroatoms. The maximum Gasteiger partial charge on any atom is 0.573 e. The Hall–Kier alpha value is -1.01.